The average Bonchev–Trinajstić information content (AvgIpc) is 2.68. The lowest BCUT2D eigenvalue weighted by atomic mass is 10.4. The van der Waals surface area contributed by atoms with Crippen molar-refractivity contribution in [1.29, 1.82) is 0 Å². The SMILES string of the molecule is CCOC(=O)C[P+](c1ccccc1)(c1ccccc1)c1ccccc1.[F-]. The van der Waals surface area contributed by atoms with Crippen LogP contribution >= 0.6 is 7.26 Å². The first-order valence-electron chi connectivity index (χ1n) is 8.48. The molecular formula is C22H22FO2P. The molecule has 2 nitrogen and oxygen atoms in total. The van der Waals surface area contributed by atoms with Gasteiger partial charge in [0.25, 0.3) is 0 Å². The molecule has 3 aromatic rings. The number of carbonyl (C=O) groups excluding carboxylic acids is 1. The highest BCUT2D eigenvalue weighted by molar-refractivity contribution is 7.96. The highest BCUT2D eigenvalue weighted by Crippen LogP contribution is 2.55. The van der Waals surface area contributed by atoms with Gasteiger partial charge in [0.15, 0.2) is 6.16 Å². The second-order valence-electron chi connectivity index (χ2n) is 5.78. The Bertz CT molecular complexity index is 711. The first-order chi connectivity index (χ1) is 12.3. The number of benzene rings is 3. The van der Waals surface area contributed by atoms with Gasteiger partial charge in [0.05, 0.1) is 6.61 Å². The summed E-state index contributed by atoms with van der Waals surface area (Å²) >= 11 is 0. The van der Waals surface area contributed by atoms with Crippen molar-refractivity contribution in [2.45, 2.75) is 6.92 Å². The molecule has 0 aliphatic heterocycles. The second kappa shape index (κ2) is 9.26. The van der Waals surface area contributed by atoms with Gasteiger partial charge in [0, 0.05) is 0 Å². The number of hydrogen-bond acceptors (Lipinski definition) is 2. The maximum Gasteiger partial charge on any atom is 0.345 e. The Morgan fingerprint density at radius 2 is 1.08 bits per heavy atom. The first-order valence-corrected chi connectivity index (χ1v) is 10.5. The zero-order chi connectivity index (χ0) is 17.5. The van der Waals surface area contributed by atoms with E-state index in [0.717, 1.165) is 0 Å². The van der Waals surface area contributed by atoms with Crippen molar-refractivity contribution >= 4 is 29.1 Å². The summed E-state index contributed by atoms with van der Waals surface area (Å²) in [6.07, 6.45) is 0.374. The van der Waals surface area contributed by atoms with Crippen molar-refractivity contribution in [3.8, 4) is 0 Å². The standard InChI is InChI=1S/C22H22O2P.FH/c1-2-24-22(23)18-25(19-12-6-3-7-13-19,20-14-8-4-9-15-20)21-16-10-5-11-17-21;/h3-17H,2,18H2,1H3;1H/q+1;/p-1. The van der Waals surface area contributed by atoms with Crippen LogP contribution in [0.1, 0.15) is 6.92 Å². The lowest BCUT2D eigenvalue weighted by Crippen LogP contribution is -3.00. The van der Waals surface area contributed by atoms with E-state index in [1.807, 2.05) is 61.5 Å². The minimum atomic E-state index is -2.11. The van der Waals surface area contributed by atoms with Gasteiger partial charge < -0.3 is 9.44 Å². The van der Waals surface area contributed by atoms with E-state index >= 15 is 0 Å². The van der Waals surface area contributed by atoms with Gasteiger partial charge in [-0.1, -0.05) is 54.6 Å². The molecule has 0 bridgehead atoms. The quantitative estimate of drug-likeness (QED) is 0.469. The first kappa shape index (κ1) is 19.8. The molecule has 3 rings (SSSR count). The summed E-state index contributed by atoms with van der Waals surface area (Å²) in [6.45, 7) is 2.25. The van der Waals surface area contributed by atoms with Crippen molar-refractivity contribution in [1.82, 2.24) is 0 Å². The fourth-order valence-electron chi connectivity index (χ4n) is 3.17. The van der Waals surface area contributed by atoms with E-state index in [0.29, 0.717) is 12.8 Å². The highest BCUT2D eigenvalue weighted by Gasteiger charge is 2.47. The van der Waals surface area contributed by atoms with Crippen LogP contribution in [0.5, 0.6) is 0 Å². The van der Waals surface area contributed by atoms with Gasteiger partial charge in [-0.3, -0.25) is 0 Å². The third-order valence-corrected chi connectivity index (χ3v) is 8.53. The van der Waals surface area contributed by atoms with E-state index in [9.17, 15) is 4.79 Å². The predicted octanol–water partition coefficient (Wildman–Crippen LogP) is 0.548. The number of hydrogen-bond donors (Lipinski definition) is 0. The summed E-state index contributed by atoms with van der Waals surface area (Å²) in [5, 5.41) is 3.58. The molecule has 0 amide bonds. The Morgan fingerprint density at radius 3 is 1.38 bits per heavy atom. The molecule has 0 unspecified atom stereocenters. The smallest absolute Gasteiger partial charge is 0.345 e. The molecule has 0 N–H and O–H groups in total. The van der Waals surface area contributed by atoms with Crippen LogP contribution in [0.25, 0.3) is 0 Å². The van der Waals surface area contributed by atoms with Crippen LogP contribution in [0, 0.1) is 0 Å². The molecule has 0 saturated heterocycles. The van der Waals surface area contributed by atoms with Gasteiger partial charge in [-0.25, -0.2) is 4.79 Å². The zero-order valence-electron chi connectivity index (χ0n) is 14.7. The monoisotopic (exact) mass is 368 g/mol. The molecule has 0 aliphatic carbocycles. The Kier molecular flexibility index (Phi) is 7.06. The summed E-state index contributed by atoms with van der Waals surface area (Å²) in [7, 11) is -2.11. The fraction of sp³-hybridized carbons (Fsp3) is 0.136. The van der Waals surface area contributed by atoms with Gasteiger partial charge in [-0.15, -0.1) is 0 Å². The number of ether oxygens (including phenoxy) is 1. The van der Waals surface area contributed by atoms with Crippen LogP contribution in [0.3, 0.4) is 0 Å². The molecule has 0 spiro atoms. The second-order valence-corrected chi connectivity index (χ2v) is 9.26. The van der Waals surface area contributed by atoms with Crippen LogP contribution in [0.4, 0.5) is 0 Å². The lowest BCUT2D eigenvalue weighted by molar-refractivity contribution is -0.139. The number of esters is 1. The fourth-order valence-corrected chi connectivity index (χ4v) is 7.13. The van der Waals surface area contributed by atoms with E-state index in [2.05, 4.69) is 36.4 Å². The van der Waals surface area contributed by atoms with E-state index < -0.39 is 7.26 Å². The van der Waals surface area contributed by atoms with Crippen LogP contribution in [0.15, 0.2) is 91.0 Å². The molecule has 0 aliphatic rings. The molecule has 0 heterocycles. The van der Waals surface area contributed by atoms with E-state index in [1.165, 1.54) is 15.9 Å². The third-order valence-electron chi connectivity index (χ3n) is 4.26. The molecule has 134 valence electrons. The van der Waals surface area contributed by atoms with E-state index in [4.69, 9.17) is 4.74 Å². The molecule has 3 aromatic carbocycles. The van der Waals surface area contributed by atoms with Crippen molar-refractivity contribution in [3.05, 3.63) is 91.0 Å². The van der Waals surface area contributed by atoms with Crippen molar-refractivity contribution in [2.24, 2.45) is 0 Å². The van der Waals surface area contributed by atoms with Gasteiger partial charge in [0.1, 0.15) is 23.2 Å². The molecule has 0 saturated carbocycles. The molecule has 4 heteroatoms. The maximum absolute atomic E-state index is 12.6. The molecule has 0 aromatic heterocycles. The minimum absolute atomic E-state index is 0. The van der Waals surface area contributed by atoms with Crippen LogP contribution in [-0.2, 0) is 9.53 Å². The Balaban J connectivity index is 0.00000243. The van der Waals surface area contributed by atoms with E-state index in [-0.39, 0.29) is 10.7 Å². The third kappa shape index (κ3) is 4.00. The molecule has 26 heavy (non-hydrogen) atoms. The number of rotatable bonds is 6. The topological polar surface area (TPSA) is 26.3 Å². The Morgan fingerprint density at radius 1 is 0.731 bits per heavy atom. The Labute approximate surface area is 154 Å². The average molecular weight is 368 g/mol. The summed E-state index contributed by atoms with van der Waals surface area (Å²) in [4.78, 5) is 12.6. The number of carbonyl (C=O) groups is 1. The van der Waals surface area contributed by atoms with Gasteiger partial charge in [0.2, 0.25) is 0 Å². The summed E-state index contributed by atoms with van der Waals surface area (Å²) in [5.41, 5.74) is 0. The van der Waals surface area contributed by atoms with Crippen LogP contribution < -0.4 is 20.6 Å². The molecule has 0 radical (unpaired) electrons. The largest absolute Gasteiger partial charge is 1.00 e. The molecular weight excluding hydrogens is 346 g/mol. The minimum Gasteiger partial charge on any atom is -1.00 e. The number of halogens is 1. The molecule has 0 atom stereocenters. The normalized spacial score (nSPS) is 10.7. The van der Waals surface area contributed by atoms with Crippen LogP contribution in [0.2, 0.25) is 0 Å². The summed E-state index contributed by atoms with van der Waals surface area (Å²) in [6, 6.07) is 31.1. The maximum atomic E-state index is 12.6. The zero-order valence-corrected chi connectivity index (χ0v) is 15.6. The van der Waals surface area contributed by atoms with Crippen molar-refractivity contribution < 1.29 is 14.2 Å². The predicted molar refractivity (Wildman–Crippen MR) is 107 cm³/mol. The Hall–Kier alpha value is -2.51. The van der Waals surface area contributed by atoms with Crippen molar-refractivity contribution in [3.63, 3.8) is 0 Å². The summed E-state index contributed by atoms with van der Waals surface area (Å²) < 4.78 is 5.35. The van der Waals surface area contributed by atoms with Crippen molar-refractivity contribution in [2.75, 3.05) is 12.8 Å². The van der Waals surface area contributed by atoms with Gasteiger partial charge in [-0.05, 0) is 43.3 Å². The van der Waals surface area contributed by atoms with Crippen LogP contribution in [-0.4, -0.2) is 18.7 Å². The van der Waals surface area contributed by atoms with Gasteiger partial charge in [-0.2, -0.15) is 0 Å². The molecule has 0 fully saturated rings. The highest BCUT2D eigenvalue weighted by atomic mass is 31.2. The summed E-state index contributed by atoms with van der Waals surface area (Å²) in [5.74, 6) is -0.146. The van der Waals surface area contributed by atoms with Gasteiger partial charge >= 0.3 is 5.97 Å². The van der Waals surface area contributed by atoms with E-state index in [1.54, 1.807) is 0 Å². The lowest BCUT2D eigenvalue weighted by Gasteiger charge is -2.26.